The average Bonchev–Trinajstić information content (AvgIpc) is 2.60. The van der Waals surface area contributed by atoms with Gasteiger partial charge in [0, 0.05) is 30.1 Å². The summed E-state index contributed by atoms with van der Waals surface area (Å²) in [5, 5.41) is 36.0. The number of aromatic nitrogens is 1. The van der Waals surface area contributed by atoms with Crippen LogP contribution in [0.5, 0.6) is 5.75 Å². The van der Waals surface area contributed by atoms with E-state index in [1.807, 2.05) is 24.3 Å². The third-order valence-corrected chi connectivity index (χ3v) is 3.89. The van der Waals surface area contributed by atoms with Gasteiger partial charge in [0.25, 0.3) is 0 Å². The van der Waals surface area contributed by atoms with E-state index in [4.69, 9.17) is 9.84 Å². The molecule has 1 heterocycles. The molecular weight excluding hydrogens is 310 g/mol. The Labute approximate surface area is 138 Å². The van der Waals surface area contributed by atoms with Crippen LogP contribution in [-0.4, -0.2) is 30.4 Å². The zero-order valence-corrected chi connectivity index (χ0v) is 13.2. The monoisotopic (exact) mass is 328 g/mol. The Morgan fingerprint density at radius 1 is 1.25 bits per heavy atom. The Balaban J connectivity index is 2.37. The number of aliphatic hydroxyl groups is 1. The smallest absolute Gasteiger partial charge is 0.234 e. The van der Waals surface area contributed by atoms with Crippen molar-refractivity contribution in [3.63, 3.8) is 0 Å². The summed E-state index contributed by atoms with van der Waals surface area (Å²) in [6, 6.07) is 10.5. The minimum atomic E-state index is -0.389. The molecule has 24 heavy (non-hydrogen) atoms. The molecule has 0 spiro atoms. The first kappa shape index (κ1) is 15.9. The molecule has 0 fully saturated rings. The Bertz CT molecular complexity index is 900. The first-order valence-electron chi connectivity index (χ1n) is 7.60. The van der Waals surface area contributed by atoms with E-state index in [0.29, 0.717) is 35.7 Å². The zero-order valence-electron chi connectivity index (χ0n) is 13.2. The second-order valence-corrected chi connectivity index (χ2v) is 5.37. The van der Waals surface area contributed by atoms with E-state index in [1.165, 1.54) is 6.07 Å². The minimum absolute atomic E-state index is 0.0277. The fourth-order valence-electron chi connectivity index (χ4n) is 2.78. The number of methoxy groups -OCH3 is 1. The lowest BCUT2D eigenvalue weighted by Gasteiger charge is -2.18. The molecule has 2 aliphatic rings. The number of ether oxygens (including phenoxy) is 1. The molecule has 0 atom stereocenters. The topological polar surface area (TPSA) is 106 Å². The summed E-state index contributed by atoms with van der Waals surface area (Å²) >= 11 is 0. The van der Waals surface area contributed by atoms with Crippen LogP contribution in [0.25, 0.3) is 22.2 Å². The minimum Gasteiger partial charge on any atom is -0.612 e. The van der Waals surface area contributed by atoms with Gasteiger partial charge in [0.1, 0.15) is 5.75 Å². The highest BCUT2D eigenvalue weighted by molar-refractivity contribution is 6.01. The molecule has 0 saturated heterocycles. The number of anilines is 1. The highest BCUT2D eigenvalue weighted by Crippen LogP contribution is 2.34. The normalized spacial score (nSPS) is 10.9. The predicted molar refractivity (Wildman–Crippen MR) is 93.7 cm³/mol. The van der Waals surface area contributed by atoms with Gasteiger partial charge in [0.15, 0.2) is 0 Å². The molecule has 1 aromatic rings. The van der Waals surface area contributed by atoms with E-state index < -0.39 is 0 Å². The van der Waals surface area contributed by atoms with E-state index in [0.717, 1.165) is 10.9 Å². The number of pyridine rings is 1. The number of hydrogen-bond donors (Lipinski definition) is 3. The summed E-state index contributed by atoms with van der Waals surface area (Å²) in [7, 11) is 1.58. The number of nitrogens with zero attached hydrogens (tertiary/aromatic N) is 1. The zero-order chi connectivity index (χ0) is 17.1. The number of aromatic amines is 1. The molecule has 3 rings (SSSR count). The molecule has 3 N–H and O–H groups in total. The van der Waals surface area contributed by atoms with Crippen LogP contribution in [0.1, 0.15) is 6.42 Å². The van der Waals surface area contributed by atoms with Crippen molar-refractivity contribution in [2.75, 3.05) is 25.6 Å². The van der Waals surface area contributed by atoms with Gasteiger partial charge in [-0.1, -0.05) is 6.07 Å². The Hall–Kier alpha value is -2.93. The molecule has 7 nitrogen and oxygen atoms in total. The molecule has 0 radical (unpaired) electrons. The molecule has 1 aromatic carbocycles. The van der Waals surface area contributed by atoms with E-state index in [9.17, 15) is 10.4 Å². The molecule has 1 aliphatic heterocycles. The molecule has 0 unspecified atom stereocenters. The highest BCUT2D eigenvalue weighted by Gasteiger charge is 2.18. The van der Waals surface area contributed by atoms with Crippen LogP contribution in [-0.2, 0) is 0 Å². The quantitative estimate of drug-likeness (QED) is 0.376. The van der Waals surface area contributed by atoms with Gasteiger partial charge in [-0.25, -0.2) is 0 Å². The summed E-state index contributed by atoms with van der Waals surface area (Å²) < 4.78 is 5.28. The summed E-state index contributed by atoms with van der Waals surface area (Å²) in [4.78, 5) is 2.85. The van der Waals surface area contributed by atoms with Crippen LogP contribution >= 0.6 is 0 Å². The maximum atomic E-state index is 11.5. The molecule has 0 bridgehead atoms. The molecule has 7 heteroatoms. The number of aliphatic hydroxyl groups excluding tert-OH is 1. The van der Waals surface area contributed by atoms with Crippen molar-refractivity contribution in [1.29, 1.82) is 0 Å². The first-order chi connectivity index (χ1) is 11.7. The van der Waals surface area contributed by atoms with Crippen LogP contribution in [0, 0.1) is 10.4 Å². The predicted octanol–water partition coefficient (Wildman–Crippen LogP) is 1.84. The lowest BCUT2D eigenvalue weighted by atomic mass is 10.0. The number of rotatable bonds is 5. The number of fused-ring (bicyclic) bond motifs is 2. The summed E-state index contributed by atoms with van der Waals surface area (Å²) in [6.07, 6.45) is 0.548. The van der Waals surface area contributed by atoms with Gasteiger partial charge in [0.05, 0.1) is 24.1 Å². The largest absolute Gasteiger partial charge is 0.612 e. The maximum Gasteiger partial charge on any atom is 0.234 e. The Morgan fingerprint density at radius 3 is 2.79 bits per heavy atom. The third-order valence-electron chi connectivity index (χ3n) is 3.89. The van der Waals surface area contributed by atoms with E-state index in [1.54, 1.807) is 13.2 Å². The van der Waals surface area contributed by atoms with E-state index in [-0.39, 0.29) is 16.9 Å². The van der Waals surface area contributed by atoms with E-state index in [2.05, 4.69) is 10.3 Å². The van der Waals surface area contributed by atoms with Crippen LogP contribution in [0.4, 0.5) is 5.69 Å². The molecule has 1 aliphatic carbocycles. The summed E-state index contributed by atoms with van der Waals surface area (Å²) in [6.45, 7) is 0.557. The van der Waals surface area contributed by atoms with Crippen molar-refractivity contribution in [2.24, 2.45) is 0 Å². The van der Waals surface area contributed by atoms with Crippen LogP contribution in [0.3, 0.4) is 0 Å². The SMILES string of the molecule is COc1ccc2[nH]c3cccc(=[N+]([O-])[O-])c-3c(NCCCO)c2c1. The summed E-state index contributed by atoms with van der Waals surface area (Å²) in [5.41, 5.74) is 2.70. The molecular formula is C17H18N3O4-. The molecule has 0 aromatic heterocycles. The van der Waals surface area contributed by atoms with Gasteiger partial charge >= 0.3 is 0 Å². The van der Waals surface area contributed by atoms with Gasteiger partial charge in [0.2, 0.25) is 5.36 Å². The number of H-pyrrole nitrogens is 1. The van der Waals surface area contributed by atoms with Gasteiger partial charge in [-0.3, -0.25) is 0 Å². The van der Waals surface area contributed by atoms with Crippen LogP contribution in [0.15, 0.2) is 36.4 Å². The van der Waals surface area contributed by atoms with Crippen LogP contribution < -0.4 is 20.3 Å². The van der Waals surface area contributed by atoms with Crippen molar-refractivity contribution in [3.05, 3.63) is 52.2 Å². The third kappa shape index (κ3) is 2.81. The summed E-state index contributed by atoms with van der Waals surface area (Å²) in [5.74, 6) is 0.666. The lowest BCUT2D eigenvalue weighted by molar-refractivity contribution is 0.292. The van der Waals surface area contributed by atoms with E-state index >= 15 is 0 Å². The van der Waals surface area contributed by atoms with Crippen molar-refractivity contribution in [3.8, 4) is 17.0 Å². The van der Waals surface area contributed by atoms with Crippen molar-refractivity contribution in [2.45, 2.75) is 6.42 Å². The number of benzene rings is 2. The second-order valence-electron chi connectivity index (χ2n) is 5.37. The van der Waals surface area contributed by atoms with Gasteiger partial charge < -0.3 is 30.6 Å². The van der Waals surface area contributed by atoms with Crippen molar-refractivity contribution < 1.29 is 9.84 Å². The van der Waals surface area contributed by atoms with Crippen LogP contribution in [0.2, 0.25) is 0 Å². The lowest BCUT2D eigenvalue weighted by Crippen LogP contribution is -2.23. The van der Waals surface area contributed by atoms with Gasteiger partial charge in [-0.2, -0.15) is 4.90 Å². The standard InChI is InChI=1S/C17H18N3O4/c1-24-11-6-7-13-12(10-11)17(18-8-3-9-21)16-14(19-13)4-2-5-15(16)20(22)23/h2,4-7,10,18-19,21H,3,8-9H2,1H3/q-1. The molecule has 0 saturated carbocycles. The number of hydrogen-bond acceptors (Lipinski definition) is 5. The average molecular weight is 328 g/mol. The van der Waals surface area contributed by atoms with Gasteiger partial charge in [-0.05, 0) is 30.7 Å². The first-order valence-corrected chi connectivity index (χ1v) is 7.60. The number of nitrogens with one attached hydrogen (secondary N) is 2. The Morgan fingerprint density at radius 2 is 2.08 bits per heavy atom. The van der Waals surface area contributed by atoms with Crippen molar-refractivity contribution in [1.82, 2.24) is 9.89 Å². The van der Waals surface area contributed by atoms with Gasteiger partial charge in [-0.15, -0.1) is 0 Å². The Kier molecular flexibility index (Phi) is 4.43. The fourth-order valence-corrected chi connectivity index (χ4v) is 2.78. The maximum absolute atomic E-state index is 11.5. The molecule has 126 valence electrons. The molecule has 0 amide bonds. The highest BCUT2D eigenvalue weighted by atomic mass is 16.8. The second kappa shape index (κ2) is 6.67. The van der Waals surface area contributed by atoms with Crippen molar-refractivity contribution >= 4 is 16.6 Å². The fraction of sp³-hybridized carbons (Fsp3) is 0.235.